The summed E-state index contributed by atoms with van der Waals surface area (Å²) < 4.78 is 5.19. The summed E-state index contributed by atoms with van der Waals surface area (Å²) in [5.41, 5.74) is 1.96. The second-order valence-corrected chi connectivity index (χ2v) is 7.99. The number of ether oxygens (including phenoxy) is 1. The number of nitrogens with one attached hydrogen (secondary N) is 2. The molecule has 1 unspecified atom stereocenters. The SMILES string of the molecule is CSc1ccc(C2NC(=O)N(CC(=O)Nc3ccccc3Cl)C3=C2C(=O)OC3)cc1. The van der Waals surface area contributed by atoms with Crippen LogP contribution in [0.2, 0.25) is 5.02 Å². The number of nitrogens with zero attached hydrogens (tertiary/aromatic N) is 1. The van der Waals surface area contributed by atoms with Gasteiger partial charge in [0.2, 0.25) is 5.91 Å². The van der Waals surface area contributed by atoms with Gasteiger partial charge in [0.15, 0.2) is 0 Å². The Labute approximate surface area is 182 Å². The number of amides is 3. The van der Waals surface area contributed by atoms with Crippen molar-refractivity contribution in [3.8, 4) is 0 Å². The van der Waals surface area contributed by atoms with Gasteiger partial charge in [-0.1, -0.05) is 35.9 Å². The Kier molecular flexibility index (Phi) is 5.69. The molecule has 2 aliphatic heterocycles. The number of cyclic esters (lactones) is 1. The molecule has 0 saturated heterocycles. The van der Waals surface area contributed by atoms with Gasteiger partial charge in [0.1, 0.15) is 13.2 Å². The Bertz CT molecular complexity index is 1050. The van der Waals surface area contributed by atoms with Crippen LogP contribution in [0.4, 0.5) is 10.5 Å². The average Bonchev–Trinajstić information content (AvgIpc) is 3.13. The zero-order valence-electron chi connectivity index (χ0n) is 16.0. The van der Waals surface area contributed by atoms with Crippen molar-refractivity contribution in [2.24, 2.45) is 0 Å². The molecule has 3 amide bonds. The molecule has 2 N–H and O–H groups in total. The molecule has 0 aromatic heterocycles. The van der Waals surface area contributed by atoms with Gasteiger partial charge in [0.25, 0.3) is 0 Å². The molecule has 7 nitrogen and oxygen atoms in total. The molecule has 2 aliphatic rings. The number of benzene rings is 2. The van der Waals surface area contributed by atoms with Crippen molar-refractivity contribution in [1.82, 2.24) is 10.2 Å². The molecule has 0 aliphatic carbocycles. The van der Waals surface area contributed by atoms with Gasteiger partial charge in [0.05, 0.1) is 28.0 Å². The lowest BCUT2D eigenvalue weighted by atomic mass is 9.96. The van der Waals surface area contributed by atoms with E-state index in [0.29, 0.717) is 22.0 Å². The van der Waals surface area contributed by atoms with E-state index in [1.54, 1.807) is 36.0 Å². The highest BCUT2D eigenvalue weighted by Gasteiger charge is 2.42. The number of para-hydroxylation sites is 1. The van der Waals surface area contributed by atoms with E-state index in [2.05, 4.69) is 10.6 Å². The summed E-state index contributed by atoms with van der Waals surface area (Å²) in [6, 6.07) is 13.3. The van der Waals surface area contributed by atoms with E-state index in [4.69, 9.17) is 16.3 Å². The quantitative estimate of drug-likeness (QED) is 0.544. The van der Waals surface area contributed by atoms with Crippen molar-refractivity contribution < 1.29 is 19.1 Å². The van der Waals surface area contributed by atoms with Crippen LogP contribution in [0.3, 0.4) is 0 Å². The largest absolute Gasteiger partial charge is 0.456 e. The predicted octanol–water partition coefficient (Wildman–Crippen LogP) is 3.58. The van der Waals surface area contributed by atoms with Gasteiger partial charge >= 0.3 is 12.0 Å². The van der Waals surface area contributed by atoms with Crippen molar-refractivity contribution >= 4 is 47.0 Å². The van der Waals surface area contributed by atoms with Crippen molar-refractivity contribution in [3.63, 3.8) is 0 Å². The van der Waals surface area contributed by atoms with Crippen LogP contribution >= 0.6 is 23.4 Å². The molecule has 1 atom stereocenters. The summed E-state index contributed by atoms with van der Waals surface area (Å²) in [5, 5.41) is 5.89. The number of esters is 1. The van der Waals surface area contributed by atoms with Crippen molar-refractivity contribution in [1.29, 1.82) is 0 Å². The summed E-state index contributed by atoms with van der Waals surface area (Å²) in [4.78, 5) is 40.1. The van der Waals surface area contributed by atoms with Crippen LogP contribution in [0, 0.1) is 0 Å². The predicted molar refractivity (Wildman–Crippen MR) is 114 cm³/mol. The fraction of sp³-hybridized carbons (Fsp3) is 0.190. The first-order valence-electron chi connectivity index (χ1n) is 9.14. The molecule has 0 fully saturated rings. The van der Waals surface area contributed by atoms with E-state index in [1.807, 2.05) is 30.5 Å². The minimum atomic E-state index is -0.624. The minimum Gasteiger partial charge on any atom is -0.456 e. The first kappa shape index (κ1) is 20.3. The highest BCUT2D eigenvalue weighted by atomic mass is 35.5. The molecule has 154 valence electrons. The van der Waals surface area contributed by atoms with Gasteiger partial charge in [-0.25, -0.2) is 9.59 Å². The van der Waals surface area contributed by atoms with E-state index in [-0.39, 0.29) is 13.2 Å². The molecule has 4 rings (SSSR count). The third-order valence-corrected chi connectivity index (χ3v) is 5.97. The molecule has 30 heavy (non-hydrogen) atoms. The van der Waals surface area contributed by atoms with Crippen LogP contribution in [-0.2, 0) is 14.3 Å². The number of urea groups is 1. The second-order valence-electron chi connectivity index (χ2n) is 6.71. The van der Waals surface area contributed by atoms with Crippen molar-refractivity contribution in [2.45, 2.75) is 10.9 Å². The van der Waals surface area contributed by atoms with Crippen LogP contribution in [0.15, 0.2) is 64.7 Å². The minimum absolute atomic E-state index is 0.0552. The van der Waals surface area contributed by atoms with Crippen LogP contribution in [-0.4, -0.2) is 42.2 Å². The Balaban J connectivity index is 1.59. The number of carbonyl (C=O) groups excluding carboxylic acids is 3. The van der Waals surface area contributed by atoms with E-state index >= 15 is 0 Å². The van der Waals surface area contributed by atoms with Gasteiger partial charge in [-0.2, -0.15) is 0 Å². The highest BCUT2D eigenvalue weighted by Crippen LogP contribution is 2.35. The van der Waals surface area contributed by atoms with E-state index in [1.165, 1.54) is 4.90 Å². The Morgan fingerprint density at radius 1 is 1.23 bits per heavy atom. The number of anilines is 1. The van der Waals surface area contributed by atoms with Gasteiger partial charge < -0.3 is 15.4 Å². The molecule has 0 saturated carbocycles. The topological polar surface area (TPSA) is 87.7 Å². The number of rotatable bonds is 5. The summed E-state index contributed by atoms with van der Waals surface area (Å²) in [6.07, 6.45) is 1.97. The average molecular weight is 444 g/mol. The number of halogens is 1. The van der Waals surface area contributed by atoms with Gasteiger partial charge in [-0.15, -0.1) is 11.8 Å². The lowest BCUT2D eigenvalue weighted by Gasteiger charge is -2.32. The molecule has 0 radical (unpaired) electrons. The molecule has 2 aromatic carbocycles. The maximum absolute atomic E-state index is 12.8. The van der Waals surface area contributed by atoms with E-state index in [0.717, 1.165) is 10.5 Å². The summed E-state index contributed by atoms with van der Waals surface area (Å²) in [6.45, 7) is -0.328. The monoisotopic (exact) mass is 443 g/mol. The molecular weight excluding hydrogens is 426 g/mol. The summed E-state index contributed by atoms with van der Waals surface area (Å²) >= 11 is 7.67. The zero-order valence-corrected chi connectivity index (χ0v) is 17.5. The van der Waals surface area contributed by atoms with Crippen molar-refractivity contribution in [3.05, 3.63) is 70.4 Å². The Morgan fingerprint density at radius 3 is 2.67 bits per heavy atom. The van der Waals surface area contributed by atoms with Crippen LogP contribution in [0.1, 0.15) is 11.6 Å². The lowest BCUT2D eigenvalue weighted by Crippen LogP contribution is -2.49. The second kappa shape index (κ2) is 8.41. The summed E-state index contributed by atoms with van der Waals surface area (Å²) in [5.74, 6) is -0.937. The summed E-state index contributed by atoms with van der Waals surface area (Å²) in [7, 11) is 0. The van der Waals surface area contributed by atoms with Crippen LogP contribution in [0.5, 0.6) is 0 Å². The maximum atomic E-state index is 12.8. The lowest BCUT2D eigenvalue weighted by molar-refractivity contribution is -0.136. The fourth-order valence-corrected chi connectivity index (χ4v) is 4.01. The standard InChI is InChI=1S/C21H18ClN3O4S/c1-30-13-8-6-12(7-9-13)19-18-16(11-29-20(18)27)25(21(28)24-19)10-17(26)23-15-5-3-2-4-14(15)22/h2-9,19H,10-11H2,1H3,(H,23,26)(H,24,28). The zero-order chi connectivity index (χ0) is 21.3. The molecule has 9 heteroatoms. The van der Waals surface area contributed by atoms with E-state index < -0.39 is 23.9 Å². The maximum Gasteiger partial charge on any atom is 0.338 e. The third kappa shape index (κ3) is 3.88. The molecule has 2 aromatic rings. The van der Waals surface area contributed by atoms with Gasteiger partial charge in [0, 0.05) is 4.90 Å². The number of hydrogen-bond donors (Lipinski definition) is 2. The highest BCUT2D eigenvalue weighted by molar-refractivity contribution is 7.98. The molecule has 0 spiro atoms. The van der Waals surface area contributed by atoms with Crippen LogP contribution in [0.25, 0.3) is 0 Å². The van der Waals surface area contributed by atoms with Crippen LogP contribution < -0.4 is 10.6 Å². The third-order valence-electron chi connectivity index (χ3n) is 4.90. The van der Waals surface area contributed by atoms with Crippen molar-refractivity contribution in [2.75, 3.05) is 24.7 Å². The number of carbonyl (C=O) groups is 3. The first-order valence-corrected chi connectivity index (χ1v) is 10.7. The Morgan fingerprint density at radius 2 is 1.97 bits per heavy atom. The number of hydrogen-bond acceptors (Lipinski definition) is 5. The van der Waals surface area contributed by atoms with E-state index in [9.17, 15) is 14.4 Å². The molecule has 2 heterocycles. The molecular formula is C21H18ClN3O4S. The number of thioether (sulfide) groups is 1. The van der Waals surface area contributed by atoms with Gasteiger partial charge in [-0.3, -0.25) is 9.69 Å². The van der Waals surface area contributed by atoms with Gasteiger partial charge in [-0.05, 0) is 36.1 Å². The first-order chi connectivity index (χ1) is 14.5. The normalized spacial score (nSPS) is 18.1. The molecule has 0 bridgehead atoms. The smallest absolute Gasteiger partial charge is 0.338 e. The Hall–Kier alpha value is -2.97. The fourth-order valence-electron chi connectivity index (χ4n) is 3.42.